The highest BCUT2D eigenvalue weighted by Gasteiger charge is 2.07. The summed E-state index contributed by atoms with van der Waals surface area (Å²) in [5.74, 6) is 3.33. The number of benzene rings is 1. The van der Waals surface area contributed by atoms with E-state index >= 15 is 0 Å². The Hall–Kier alpha value is -1.47. The molecule has 1 aromatic carbocycles. The number of aromatic nitrogens is 2. The van der Waals surface area contributed by atoms with Crippen LogP contribution in [0, 0.1) is 0 Å². The monoisotopic (exact) mass is 386 g/mol. The highest BCUT2D eigenvalue weighted by molar-refractivity contribution is 7.98. The summed E-state index contributed by atoms with van der Waals surface area (Å²) in [6.07, 6.45) is 3.57. The van der Waals surface area contributed by atoms with E-state index < -0.39 is 0 Å². The van der Waals surface area contributed by atoms with Crippen molar-refractivity contribution >= 4 is 53.3 Å². The summed E-state index contributed by atoms with van der Waals surface area (Å²) in [4.78, 5) is 8.24. The maximum atomic E-state index is 5.91. The topological polar surface area (TPSA) is 77.0 Å². The Morgan fingerprint density at radius 2 is 2.00 bits per heavy atom. The molecule has 24 heavy (non-hydrogen) atoms. The fraction of sp³-hybridized carbons (Fsp3) is 0.250. The normalized spacial score (nSPS) is 10.2. The summed E-state index contributed by atoms with van der Waals surface area (Å²) >= 11 is 1.82. The van der Waals surface area contributed by atoms with Crippen LogP contribution < -0.4 is 11.1 Å². The molecule has 130 valence electrons. The fourth-order valence-corrected chi connectivity index (χ4v) is 2.59. The van der Waals surface area contributed by atoms with Gasteiger partial charge in [0.2, 0.25) is 0 Å². The zero-order valence-electron chi connectivity index (χ0n) is 13.2. The number of anilines is 1. The first kappa shape index (κ1) is 20.6. The molecule has 0 aliphatic carbocycles. The lowest BCUT2D eigenvalue weighted by molar-refractivity contribution is 0.499. The number of nitrogens with one attached hydrogen (secondary N) is 1. The number of thioether (sulfide) groups is 1. The van der Waals surface area contributed by atoms with Gasteiger partial charge in [0.15, 0.2) is 0 Å². The molecule has 0 saturated carbocycles. The molecule has 0 radical (unpaired) electrons. The summed E-state index contributed by atoms with van der Waals surface area (Å²) in [5.41, 5.74) is 7.72. The quantitative estimate of drug-likeness (QED) is 0.627. The molecule has 0 bridgehead atoms. The summed E-state index contributed by atoms with van der Waals surface area (Å²) in [6.45, 7) is 1.71. The van der Waals surface area contributed by atoms with E-state index in [9.17, 15) is 0 Å². The molecule has 3 aromatic rings. The number of furan rings is 1. The SMILES string of the molecule is CSCCNCc1ccc(-c2ccc3ncnc(N)c3c2)o1.Cl.Cl. The molecule has 2 aromatic heterocycles. The van der Waals surface area contributed by atoms with Gasteiger partial charge in [0.25, 0.3) is 0 Å². The van der Waals surface area contributed by atoms with Gasteiger partial charge in [0.05, 0.1) is 12.1 Å². The second-order valence-electron chi connectivity index (χ2n) is 4.93. The van der Waals surface area contributed by atoms with E-state index in [-0.39, 0.29) is 24.8 Å². The van der Waals surface area contributed by atoms with Gasteiger partial charge in [-0.3, -0.25) is 0 Å². The van der Waals surface area contributed by atoms with Crippen LogP contribution in [0.3, 0.4) is 0 Å². The van der Waals surface area contributed by atoms with Crippen molar-refractivity contribution in [2.45, 2.75) is 6.54 Å². The molecule has 5 nitrogen and oxygen atoms in total. The zero-order chi connectivity index (χ0) is 15.4. The van der Waals surface area contributed by atoms with Crippen molar-refractivity contribution < 1.29 is 4.42 Å². The lowest BCUT2D eigenvalue weighted by Gasteiger charge is -2.03. The van der Waals surface area contributed by atoms with Crippen molar-refractivity contribution in [3.05, 3.63) is 42.4 Å². The number of rotatable bonds is 6. The van der Waals surface area contributed by atoms with Crippen molar-refractivity contribution in [3.8, 4) is 11.3 Å². The highest BCUT2D eigenvalue weighted by Crippen LogP contribution is 2.27. The van der Waals surface area contributed by atoms with Crippen LogP contribution in [0.15, 0.2) is 41.1 Å². The lowest BCUT2D eigenvalue weighted by Crippen LogP contribution is -2.15. The Labute approximate surface area is 157 Å². The first-order valence-corrected chi connectivity index (χ1v) is 8.46. The van der Waals surface area contributed by atoms with Crippen LogP contribution >= 0.6 is 36.6 Å². The van der Waals surface area contributed by atoms with Gasteiger partial charge < -0.3 is 15.5 Å². The standard InChI is InChI=1S/C16H18N4OS.2ClH/c1-22-7-6-18-9-12-3-5-15(21-12)11-2-4-14-13(8-11)16(17)20-10-19-14;;/h2-5,8,10,18H,6-7,9H2,1H3,(H2,17,19,20);2*1H. The van der Waals surface area contributed by atoms with Crippen molar-refractivity contribution in [1.82, 2.24) is 15.3 Å². The predicted octanol–water partition coefficient (Wildman–Crippen LogP) is 3.77. The third-order valence-electron chi connectivity index (χ3n) is 3.39. The van der Waals surface area contributed by atoms with Crippen LogP contribution in [0.25, 0.3) is 22.2 Å². The van der Waals surface area contributed by atoms with Crippen LogP contribution in [0.1, 0.15) is 5.76 Å². The van der Waals surface area contributed by atoms with Gasteiger partial charge in [0, 0.05) is 23.2 Å². The Morgan fingerprint density at radius 1 is 1.17 bits per heavy atom. The molecule has 0 unspecified atom stereocenters. The van der Waals surface area contributed by atoms with Gasteiger partial charge in [-0.2, -0.15) is 11.8 Å². The van der Waals surface area contributed by atoms with Crippen molar-refractivity contribution in [3.63, 3.8) is 0 Å². The molecule has 0 aliphatic heterocycles. The Bertz CT molecular complexity index is 782. The minimum atomic E-state index is 0. The second-order valence-corrected chi connectivity index (χ2v) is 5.91. The molecule has 0 amide bonds. The molecule has 0 spiro atoms. The van der Waals surface area contributed by atoms with Crippen molar-refractivity contribution in [2.24, 2.45) is 0 Å². The first-order chi connectivity index (χ1) is 10.8. The van der Waals surface area contributed by atoms with Gasteiger partial charge in [-0.1, -0.05) is 0 Å². The number of halogens is 2. The molecule has 3 N–H and O–H groups in total. The molecular weight excluding hydrogens is 367 g/mol. The van der Waals surface area contributed by atoms with Gasteiger partial charge in [-0.25, -0.2) is 9.97 Å². The van der Waals surface area contributed by atoms with E-state index in [2.05, 4.69) is 21.5 Å². The summed E-state index contributed by atoms with van der Waals surface area (Å²) in [7, 11) is 0. The summed E-state index contributed by atoms with van der Waals surface area (Å²) in [6, 6.07) is 9.86. The lowest BCUT2D eigenvalue weighted by atomic mass is 10.1. The Balaban J connectivity index is 0.00000144. The average molecular weight is 387 g/mol. The summed E-state index contributed by atoms with van der Waals surface area (Å²) < 4.78 is 5.89. The molecular formula is C16H20Cl2N4OS. The number of nitrogens with two attached hydrogens (primary N) is 1. The average Bonchev–Trinajstić information content (AvgIpc) is 3.01. The van der Waals surface area contributed by atoms with Gasteiger partial charge >= 0.3 is 0 Å². The number of nitrogen functional groups attached to an aromatic ring is 1. The fourth-order valence-electron chi connectivity index (χ4n) is 2.24. The second kappa shape index (κ2) is 9.74. The van der Waals surface area contributed by atoms with Crippen LogP contribution in [0.2, 0.25) is 0 Å². The van der Waals surface area contributed by atoms with E-state index in [0.29, 0.717) is 5.82 Å². The first-order valence-electron chi connectivity index (χ1n) is 7.07. The van der Waals surface area contributed by atoms with E-state index in [1.165, 1.54) is 6.33 Å². The molecule has 3 rings (SSSR count). The highest BCUT2D eigenvalue weighted by atomic mass is 35.5. The van der Waals surface area contributed by atoms with E-state index in [4.69, 9.17) is 10.2 Å². The number of fused-ring (bicyclic) bond motifs is 1. The van der Waals surface area contributed by atoms with Gasteiger partial charge in [-0.05, 0) is 36.6 Å². The van der Waals surface area contributed by atoms with Crippen LogP contribution in [0.4, 0.5) is 5.82 Å². The largest absolute Gasteiger partial charge is 0.460 e. The number of hydrogen-bond acceptors (Lipinski definition) is 6. The van der Waals surface area contributed by atoms with Gasteiger partial charge in [-0.15, -0.1) is 24.8 Å². The zero-order valence-corrected chi connectivity index (χ0v) is 15.6. The van der Waals surface area contributed by atoms with E-state index in [0.717, 1.165) is 46.8 Å². The Morgan fingerprint density at radius 3 is 2.79 bits per heavy atom. The smallest absolute Gasteiger partial charge is 0.134 e. The van der Waals surface area contributed by atoms with Crippen molar-refractivity contribution in [1.29, 1.82) is 0 Å². The van der Waals surface area contributed by atoms with Crippen LogP contribution in [-0.4, -0.2) is 28.5 Å². The third kappa shape index (κ3) is 4.77. The predicted molar refractivity (Wildman–Crippen MR) is 106 cm³/mol. The third-order valence-corrected chi connectivity index (χ3v) is 4.01. The summed E-state index contributed by atoms with van der Waals surface area (Å²) in [5, 5.41) is 4.20. The maximum absolute atomic E-state index is 5.91. The molecule has 8 heteroatoms. The molecule has 2 heterocycles. The minimum Gasteiger partial charge on any atom is -0.460 e. The van der Waals surface area contributed by atoms with E-state index in [1.807, 2.05) is 42.1 Å². The maximum Gasteiger partial charge on any atom is 0.134 e. The van der Waals surface area contributed by atoms with Crippen LogP contribution in [-0.2, 0) is 6.54 Å². The Kier molecular flexibility index (Phi) is 8.35. The molecule has 0 atom stereocenters. The minimum absolute atomic E-state index is 0. The van der Waals surface area contributed by atoms with Gasteiger partial charge in [0.1, 0.15) is 23.7 Å². The molecule has 0 saturated heterocycles. The number of hydrogen-bond donors (Lipinski definition) is 2. The van der Waals surface area contributed by atoms with E-state index in [1.54, 1.807) is 0 Å². The molecule has 0 fully saturated rings. The molecule has 0 aliphatic rings. The number of nitrogens with zero attached hydrogens (tertiary/aromatic N) is 2. The van der Waals surface area contributed by atoms with Crippen molar-refractivity contribution in [2.75, 3.05) is 24.3 Å². The van der Waals surface area contributed by atoms with Crippen LogP contribution in [0.5, 0.6) is 0 Å².